The van der Waals surface area contributed by atoms with Crippen LogP contribution in [0.15, 0.2) is 67.4 Å². The first kappa shape index (κ1) is 28.7. The standard InChI is InChI=1S/C28H22Br2Cl2N4O4/c29-19-7-9-24-21(12-19)28(37)35(27(34-24)17-4-2-1-3-5-17)33-14-16-10-22(30)26(25(11-16)36(38)39)40-15-18-6-8-20(31)13-23(18)32/h6-14,17H,1-5,15H2. The summed E-state index contributed by atoms with van der Waals surface area (Å²) in [4.78, 5) is 29.8. The molecule has 1 saturated carbocycles. The van der Waals surface area contributed by atoms with Gasteiger partial charge in [0.05, 0.1) is 26.5 Å². The van der Waals surface area contributed by atoms with Crippen LogP contribution in [-0.4, -0.2) is 20.8 Å². The molecule has 40 heavy (non-hydrogen) atoms. The maximum atomic E-state index is 13.6. The minimum Gasteiger partial charge on any atom is -0.481 e. The van der Waals surface area contributed by atoms with E-state index < -0.39 is 4.92 Å². The van der Waals surface area contributed by atoms with Crippen LogP contribution in [0.25, 0.3) is 10.9 Å². The Morgan fingerprint density at radius 2 is 1.88 bits per heavy atom. The van der Waals surface area contributed by atoms with E-state index in [2.05, 4.69) is 37.0 Å². The summed E-state index contributed by atoms with van der Waals surface area (Å²) in [5.41, 5.74) is 1.09. The molecule has 4 aromatic rings. The second kappa shape index (κ2) is 12.4. The summed E-state index contributed by atoms with van der Waals surface area (Å²) in [5, 5.41) is 17.8. The Kier molecular flexibility index (Phi) is 8.89. The zero-order chi connectivity index (χ0) is 28.4. The van der Waals surface area contributed by atoms with Crippen LogP contribution in [0.2, 0.25) is 10.0 Å². The van der Waals surface area contributed by atoms with Crippen molar-refractivity contribution >= 4 is 77.9 Å². The normalized spacial score (nSPS) is 14.2. The first-order valence-corrected chi connectivity index (χ1v) is 14.9. The van der Waals surface area contributed by atoms with Gasteiger partial charge in [0.15, 0.2) is 0 Å². The van der Waals surface area contributed by atoms with Crippen molar-refractivity contribution in [2.24, 2.45) is 5.10 Å². The van der Waals surface area contributed by atoms with Crippen LogP contribution in [0.5, 0.6) is 5.75 Å². The molecule has 1 aliphatic carbocycles. The molecule has 1 fully saturated rings. The van der Waals surface area contributed by atoms with Crippen LogP contribution in [-0.2, 0) is 6.61 Å². The van der Waals surface area contributed by atoms with Gasteiger partial charge in [0.1, 0.15) is 12.4 Å². The van der Waals surface area contributed by atoms with Crippen LogP contribution in [0, 0.1) is 10.1 Å². The SMILES string of the molecule is O=c1c2cc(Br)ccc2nc(C2CCCCC2)n1N=Cc1cc(Br)c(OCc2ccc(Cl)cc2Cl)c([N+](=O)[O-])c1. The summed E-state index contributed by atoms with van der Waals surface area (Å²) in [6.45, 7) is 0.00133. The molecule has 0 aliphatic heterocycles. The molecule has 0 amide bonds. The summed E-state index contributed by atoms with van der Waals surface area (Å²) in [7, 11) is 0. The van der Waals surface area contributed by atoms with Gasteiger partial charge in [-0.1, -0.05) is 64.5 Å². The molecule has 0 atom stereocenters. The monoisotopic (exact) mass is 706 g/mol. The number of hydrogen-bond donors (Lipinski definition) is 0. The Bertz CT molecular complexity index is 1700. The average Bonchev–Trinajstić information content (AvgIpc) is 2.93. The lowest BCUT2D eigenvalue weighted by atomic mass is 9.88. The summed E-state index contributed by atoms with van der Waals surface area (Å²) >= 11 is 19.0. The fourth-order valence-electron chi connectivity index (χ4n) is 4.77. The van der Waals surface area contributed by atoms with E-state index in [0.717, 1.165) is 36.6 Å². The van der Waals surface area contributed by atoms with E-state index in [0.29, 0.717) is 42.4 Å². The second-order valence-electron chi connectivity index (χ2n) is 9.46. The Hall–Kier alpha value is -2.79. The van der Waals surface area contributed by atoms with Gasteiger partial charge in [0.25, 0.3) is 5.56 Å². The number of rotatable bonds is 7. The van der Waals surface area contributed by atoms with Crippen molar-refractivity contribution in [3.63, 3.8) is 0 Å². The molecule has 3 aromatic carbocycles. The third-order valence-corrected chi connectivity index (χ3v) is 8.43. The maximum absolute atomic E-state index is 13.6. The molecule has 5 rings (SSSR count). The van der Waals surface area contributed by atoms with E-state index in [1.54, 1.807) is 30.3 Å². The van der Waals surface area contributed by atoms with E-state index in [9.17, 15) is 14.9 Å². The number of fused-ring (bicyclic) bond motifs is 1. The molecular formula is C28H22Br2Cl2N4O4. The number of nitrogens with zero attached hydrogens (tertiary/aromatic N) is 4. The fraction of sp³-hybridized carbons (Fsp3) is 0.250. The van der Waals surface area contributed by atoms with Gasteiger partial charge >= 0.3 is 5.69 Å². The Balaban J connectivity index is 1.52. The predicted octanol–water partition coefficient (Wildman–Crippen LogP) is 8.65. The number of aromatic nitrogens is 2. The van der Waals surface area contributed by atoms with Gasteiger partial charge in [-0.3, -0.25) is 14.9 Å². The molecule has 0 saturated heterocycles. The molecule has 0 unspecified atom stereocenters. The van der Waals surface area contributed by atoms with E-state index in [1.807, 2.05) is 12.1 Å². The van der Waals surface area contributed by atoms with Gasteiger partial charge < -0.3 is 4.74 Å². The second-order valence-corrected chi connectivity index (χ2v) is 12.1. The minimum absolute atomic E-state index is 0.00133. The van der Waals surface area contributed by atoms with Crippen LogP contribution < -0.4 is 10.3 Å². The van der Waals surface area contributed by atoms with Crippen LogP contribution >= 0.6 is 55.1 Å². The zero-order valence-corrected chi connectivity index (χ0v) is 25.6. The number of benzene rings is 3. The quantitative estimate of drug-likeness (QED) is 0.109. The third kappa shape index (κ3) is 6.25. The van der Waals surface area contributed by atoms with E-state index in [4.69, 9.17) is 32.9 Å². The van der Waals surface area contributed by atoms with Gasteiger partial charge in [-0.2, -0.15) is 9.78 Å². The van der Waals surface area contributed by atoms with Gasteiger partial charge in [-0.15, -0.1) is 0 Å². The fourth-order valence-corrected chi connectivity index (χ4v) is 6.17. The van der Waals surface area contributed by atoms with Gasteiger partial charge in [-0.05, 0) is 65.2 Å². The molecule has 0 radical (unpaired) electrons. The molecule has 1 aromatic heterocycles. The van der Waals surface area contributed by atoms with Gasteiger partial charge in [0.2, 0.25) is 5.75 Å². The Morgan fingerprint density at radius 1 is 1.10 bits per heavy atom. The lowest BCUT2D eigenvalue weighted by Gasteiger charge is -2.22. The third-order valence-electron chi connectivity index (χ3n) is 6.76. The highest BCUT2D eigenvalue weighted by Gasteiger charge is 2.24. The summed E-state index contributed by atoms with van der Waals surface area (Å²) in [6.07, 6.45) is 6.54. The molecule has 1 heterocycles. The molecule has 8 nitrogen and oxygen atoms in total. The summed E-state index contributed by atoms with van der Waals surface area (Å²) in [6, 6.07) is 13.3. The number of nitro benzene ring substituents is 1. The lowest BCUT2D eigenvalue weighted by molar-refractivity contribution is -0.386. The molecule has 0 spiro atoms. The van der Waals surface area contributed by atoms with Crippen molar-refractivity contribution < 1.29 is 9.66 Å². The Labute approximate surface area is 256 Å². The first-order chi connectivity index (χ1) is 19.2. The number of ether oxygens (including phenoxy) is 1. The van der Waals surface area contributed by atoms with E-state index in [1.165, 1.54) is 17.0 Å². The van der Waals surface area contributed by atoms with Crippen molar-refractivity contribution in [1.82, 2.24) is 9.66 Å². The van der Waals surface area contributed by atoms with Gasteiger partial charge in [-0.25, -0.2) is 4.98 Å². The Morgan fingerprint density at radius 3 is 2.60 bits per heavy atom. The van der Waals surface area contributed by atoms with Crippen molar-refractivity contribution in [1.29, 1.82) is 0 Å². The minimum atomic E-state index is -0.532. The smallest absolute Gasteiger partial charge is 0.312 e. The van der Waals surface area contributed by atoms with Crippen molar-refractivity contribution in [2.75, 3.05) is 0 Å². The maximum Gasteiger partial charge on any atom is 0.312 e. The average molecular weight is 709 g/mol. The molecular weight excluding hydrogens is 687 g/mol. The largest absolute Gasteiger partial charge is 0.481 e. The molecule has 0 N–H and O–H groups in total. The highest BCUT2D eigenvalue weighted by molar-refractivity contribution is 9.10. The van der Waals surface area contributed by atoms with Crippen molar-refractivity contribution in [2.45, 2.75) is 44.6 Å². The van der Waals surface area contributed by atoms with Crippen LogP contribution in [0.3, 0.4) is 0 Å². The van der Waals surface area contributed by atoms with E-state index >= 15 is 0 Å². The summed E-state index contributed by atoms with van der Waals surface area (Å²) in [5.74, 6) is 0.748. The number of nitro groups is 1. The number of hydrogen-bond acceptors (Lipinski definition) is 6. The van der Waals surface area contributed by atoms with Crippen LogP contribution in [0.1, 0.15) is 55.0 Å². The molecule has 12 heteroatoms. The van der Waals surface area contributed by atoms with Gasteiger partial charge in [0, 0.05) is 37.6 Å². The van der Waals surface area contributed by atoms with E-state index in [-0.39, 0.29) is 29.5 Å². The predicted molar refractivity (Wildman–Crippen MR) is 164 cm³/mol. The number of halogens is 4. The molecule has 0 bridgehead atoms. The highest BCUT2D eigenvalue weighted by Crippen LogP contribution is 2.37. The van der Waals surface area contributed by atoms with Crippen molar-refractivity contribution in [3.8, 4) is 5.75 Å². The first-order valence-electron chi connectivity index (χ1n) is 12.5. The van der Waals surface area contributed by atoms with Crippen molar-refractivity contribution in [3.05, 3.63) is 105 Å². The molecule has 1 aliphatic rings. The topological polar surface area (TPSA) is 99.6 Å². The zero-order valence-electron chi connectivity index (χ0n) is 20.9. The van der Waals surface area contributed by atoms with Crippen LogP contribution in [0.4, 0.5) is 5.69 Å². The molecule has 206 valence electrons. The summed E-state index contributed by atoms with van der Waals surface area (Å²) < 4.78 is 8.25. The highest BCUT2D eigenvalue weighted by atomic mass is 79.9. The lowest BCUT2D eigenvalue weighted by Crippen LogP contribution is -2.25.